The Morgan fingerprint density at radius 3 is 3.05 bits per heavy atom. The van der Waals surface area contributed by atoms with Crippen LogP contribution in [0.5, 0.6) is 0 Å². The minimum Gasteiger partial charge on any atom is -0.324 e. The first-order valence-electron chi connectivity index (χ1n) is 6.79. The molecule has 1 aliphatic heterocycles. The van der Waals surface area contributed by atoms with E-state index in [4.69, 9.17) is 0 Å². The number of hydrogen-bond acceptors (Lipinski definition) is 4. The molecule has 2 aromatic rings. The van der Waals surface area contributed by atoms with Crippen LogP contribution in [0.3, 0.4) is 0 Å². The zero-order valence-corrected chi connectivity index (χ0v) is 11.8. The molecule has 2 N–H and O–H groups in total. The van der Waals surface area contributed by atoms with Gasteiger partial charge in [-0.3, -0.25) is 14.9 Å². The molecule has 114 valence electrons. The van der Waals surface area contributed by atoms with E-state index in [1.807, 2.05) is 0 Å². The highest BCUT2D eigenvalue weighted by atomic mass is 19.1. The zero-order chi connectivity index (χ0) is 15.7. The third-order valence-corrected chi connectivity index (χ3v) is 3.36. The minimum atomic E-state index is -0.569. The van der Waals surface area contributed by atoms with Crippen molar-refractivity contribution in [1.29, 1.82) is 0 Å². The van der Waals surface area contributed by atoms with Crippen molar-refractivity contribution in [3.05, 3.63) is 35.9 Å². The molecular formula is C14H14FN5O2. The number of carbonyl (C=O) groups is 2. The lowest BCUT2D eigenvalue weighted by molar-refractivity contribution is -0.126. The van der Waals surface area contributed by atoms with Crippen LogP contribution in [0.25, 0.3) is 0 Å². The first-order chi connectivity index (χ1) is 10.5. The first-order valence-corrected chi connectivity index (χ1v) is 6.79. The number of rotatable bonds is 3. The fraction of sp³-hybridized carbons (Fsp3) is 0.286. The zero-order valence-electron chi connectivity index (χ0n) is 11.8. The van der Waals surface area contributed by atoms with E-state index in [9.17, 15) is 14.0 Å². The molecule has 1 aliphatic rings. The summed E-state index contributed by atoms with van der Waals surface area (Å²) in [5, 5.41) is 9.22. The highest BCUT2D eigenvalue weighted by Gasteiger charge is 2.30. The third kappa shape index (κ3) is 2.80. The molecule has 2 amide bonds. The average molecular weight is 303 g/mol. The van der Waals surface area contributed by atoms with Crippen LogP contribution >= 0.6 is 0 Å². The van der Waals surface area contributed by atoms with Gasteiger partial charge in [0.15, 0.2) is 0 Å². The fourth-order valence-corrected chi connectivity index (χ4v) is 2.32. The maximum absolute atomic E-state index is 13.5. The maximum Gasteiger partial charge on any atom is 0.232 e. The molecule has 8 heteroatoms. The molecule has 0 aliphatic carbocycles. The van der Waals surface area contributed by atoms with Crippen molar-refractivity contribution in [2.45, 2.75) is 19.9 Å². The van der Waals surface area contributed by atoms with E-state index < -0.39 is 17.6 Å². The lowest BCUT2D eigenvalue weighted by Gasteiger charge is -2.21. The Balaban J connectivity index is 1.67. The molecule has 1 aromatic carbocycles. The standard InChI is InChI=1S/C14H14FN5O2/c1-8-16-14-18-13(22)9(7-20(14)19-8)6-12(21)17-11-5-3-2-4-10(11)15/h2-5,9H,6-7H2,1H3,(H,17,21)(H,16,18,19,22)/t9-/m0/s1. The monoisotopic (exact) mass is 303 g/mol. The van der Waals surface area contributed by atoms with Crippen LogP contribution in [-0.2, 0) is 16.1 Å². The number of anilines is 2. The quantitative estimate of drug-likeness (QED) is 0.895. The summed E-state index contributed by atoms with van der Waals surface area (Å²) in [4.78, 5) is 28.0. The predicted molar refractivity (Wildman–Crippen MR) is 76.5 cm³/mol. The summed E-state index contributed by atoms with van der Waals surface area (Å²) < 4.78 is 15.0. The van der Waals surface area contributed by atoms with Gasteiger partial charge in [0.05, 0.1) is 18.2 Å². The van der Waals surface area contributed by atoms with Crippen molar-refractivity contribution in [1.82, 2.24) is 14.8 Å². The van der Waals surface area contributed by atoms with Gasteiger partial charge in [-0.25, -0.2) is 9.07 Å². The molecular weight excluding hydrogens is 289 g/mol. The molecule has 2 heterocycles. The number of hydrogen-bond donors (Lipinski definition) is 2. The second-order valence-corrected chi connectivity index (χ2v) is 5.08. The number of benzene rings is 1. The summed E-state index contributed by atoms with van der Waals surface area (Å²) in [6.45, 7) is 1.99. The van der Waals surface area contributed by atoms with Crippen LogP contribution in [0.15, 0.2) is 24.3 Å². The van der Waals surface area contributed by atoms with E-state index in [2.05, 4.69) is 20.7 Å². The normalized spacial score (nSPS) is 16.8. The van der Waals surface area contributed by atoms with Crippen molar-refractivity contribution in [3.8, 4) is 0 Å². The van der Waals surface area contributed by atoms with E-state index in [0.717, 1.165) is 0 Å². The first kappa shape index (κ1) is 14.2. The number of amides is 2. The smallest absolute Gasteiger partial charge is 0.232 e. The molecule has 0 spiro atoms. The second kappa shape index (κ2) is 5.55. The van der Waals surface area contributed by atoms with E-state index in [0.29, 0.717) is 11.8 Å². The summed E-state index contributed by atoms with van der Waals surface area (Å²) >= 11 is 0. The van der Waals surface area contributed by atoms with Gasteiger partial charge < -0.3 is 5.32 Å². The van der Waals surface area contributed by atoms with E-state index in [-0.39, 0.29) is 24.6 Å². The van der Waals surface area contributed by atoms with Crippen molar-refractivity contribution in [2.75, 3.05) is 10.6 Å². The summed E-state index contributed by atoms with van der Waals surface area (Å²) in [6.07, 6.45) is -0.0570. The van der Waals surface area contributed by atoms with Crippen LogP contribution < -0.4 is 10.6 Å². The maximum atomic E-state index is 13.5. The van der Waals surface area contributed by atoms with Crippen LogP contribution in [0.2, 0.25) is 0 Å². The Bertz CT molecular complexity index is 743. The number of nitrogens with zero attached hydrogens (tertiary/aromatic N) is 3. The Hall–Kier alpha value is -2.77. The third-order valence-electron chi connectivity index (χ3n) is 3.36. The van der Waals surface area contributed by atoms with Crippen molar-refractivity contribution in [2.24, 2.45) is 5.92 Å². The minimum absolute atomic E-state index is 0.0570. The highest BCUT2D eigenvalue weighted by molar-refractivity contribution is 5.98. The van der Waals surface area contributed by atoms with Gasteiger partial charge in [-0.15, -0.1) is 0 Å². The Labute approximate surface area is 125 Å². The van der Waals surface area contributed by atoms with Gasteiger partial charge in [-0.2, -0.15) is 10.1 Å². The Morgan fingerprint density at radius 1 is 1.50 bits per heavy atom. The van der Waals surface area contributed by atoms with Crippen LogP contribution in [0.1, 0.15) is 12.2 Å². The number of halogens is 1. The van der Waals surface area contributed by atoms with Gasteiger partial charge in [0.1, 0.15) is 11.6 Å². The van der Waals surface area contributed by atoms with Gasteiger partial charge >= 0.3 is 0 Å². The second-order valence-electron chi connectivity index (χ2n) is 5.08. The molecule has 0 radical (unpaired) electrons. The van der Waals surface area contributed by atoms with E-state index >= 15 is 0 Å². The molecule has 0 saturated carbocycles. The molecule has 0 bridgehead atoms. The molecule has 0 saturated heterocycles. The summed E-state index contributed by atoms with van der Waals surface area (Å²) in [5.74, 6) is -0.868. The van der Waals surface area contributed by atoms with Crippen LogP contribution in [-0.4, -0.2) is 26.6 Å². The SMILES string of the molecule is Cc1nc2n(n1)C[C@H](CC(=O)Nc1ccccc1F)C(=O)N2. The number of nitrogens with one attached hydrogen (secondary N) is 2. The lowest BCUT2D eigenvalue weighted by atomic mass is 10.0. The van der Waals surface area contributed by atoms with Gasteiger partial charge in [0.2, 0.25) is 17.8 Å². The molecule has 0 fully saturated rings. The molecule has 1 atom stereocenters. The van der Waals surface area contributed by atoms with Gasteiger partial charge in [0, 0.05) is 6.42 Å². The molecule has 1 aromatic heterocycles. The lowest BCUT2D eigenvalue weighted by Crippen LogP contribution is -2.36. The molecule has 3 rings (SSSR count). The van der Waals surface area contributed by atoms with E-state index in [1.54, 1.807) is 17.7 Å². The van der Waals surface area contributed by atoms with Crippen LogP contribution in [0, 0.1) is 18.7 Å². The predicted octanol–water partition coefficient (Wildman–Crippen LogP) is 1.32. The van der Waals surface area contributed by atoms with Gasteiger partial charge in [-0.05, 0) is 19.1 Å². The van der Waals surface area contributed by atoms with Crippen molar-refractivity contribution >= 4 is 23.5 Å². The average Bonchev–Trinajstić information content (AvgIpc) is 2.81. The van der Waals surface area contributed by atoms with Gasteiger partial charge in [-0.1, -0.05) is 12.1 Å². The van der Waals surface area contributed by atoms with Crippen LogP contribution in [0.4, 0.5) is 16.0 Å². The number of aryl methyl sites for hydroxylation is 1. The molecule has 22 heavy (non-hydrogen) atoms. The number of para-hydroxylation sites is 1. The number of fused-ring (bicyclic) bond motifs is 1. The van der Waals surface area contributed by atoms with Gasteiger partial charge in [0.25, 0.3) is 0 Å². The molecule has 0 unspecified atom stereocenters. The fourth-order valence-electron chi connectivity index (χ4n) is 2.32. The number of aromatic nitrogens is 3. The summed E-state index contributed by atoms with van der Waals surface area (Å²) in [7, 11) is 0. The largest absolute Gasteiger partial charge is 0.324 e. The highest BCUT2D eigenvalue weighted by Crippen LogP contribution is 2.20. The topological polar surface area (TPSA) is 88.9 Å². The summed E-state index contributed by atoms with van der Waals surface area (Å²) in [6, 6.07) is 5.88. The van der Waals surface area contributed by atoms with Crippen molar-refractivity contribution < 1.29 is 14.0 Å². The summed E-state index contributed by atoms with van der Waals surface area (Å²) in [5.41, 5.74) is 0.0982. The number of carbonyl (C=O) groups excluding carboxylic acids is 2. The Morgan fingerprint density at radius 2 is 2.27 bits per heavy atom. The van der Waals surface area contributed by atoms with Crippen molar-refractivity contribution in [3.63, 3.8) is 0 Å². The van der Waals surface area contributed by atoms with E-state index in [1.165, 1.54) is 18.2 Å². The molecule has 7 nitrogen and oxygen atoms in total. The Kier molecular flexibility index (Phi) is 3.58.